The van der Waals surface area contributed by atoms with Crippen molar-refractivity contribution in [3.63, 3.8) is 0 Å². The minimum absolute atomic E-state index is 0.0781. The van der Waals surface area contributed by atoms with E-state index >= 15 is 0 Å². The Morgan fingerprint density at radius 2 is 1.56 bits per heavy atom. The molecule has 0 aliphatic heterocycles. The highest BCUT2D eigenvalue weighted by atomic mass is 32.2. The van der Waals surface area contributed by atoms with E-state index in [-0.39, 0.29) is 9.93 Å². The van der Waals surface area contributed by atoms with Crippen molar-refractivity contribution in [1.29, 1.82) is 0 Å². The SMILES string of the molecule is CC(C)(C)[Si](C)(C)Oc1ccc(S(=O)(=O)O)cc1. The lowest BCUT2D eigenvalue weighted by Crippen LogP contribution is -2.43. The summed E-state index contributed by atoms with van der Waals surface area (Å²) in [5.74, 6) is 0.633. The van der Waals surface area contributed by atoms with Gasteiger partial charge in [-0.25, -0.2) is 0 Å². The smallest absolute Gasteiger partial charge is 0.294 e. The number of hydrogen-bond acceptors (Lipinski definition) is 3. The molecular weight excluding hydrogens is 268 g/mol. The Kier molecular flexibility index (Phi) is 3.95. The average molecular weight is 288 g/mol. The van der Waals surface area contributed by atoms with Crippen molar-refractivity contribution >= 4 is 18.4 Å². The van der Waals surface area contributed by atoms with Crippen LogP contribution < -0.4 is 4.43 Å². The molecule has 0 atom stereocenters. The molecule has 0 bridgehead atoms. The molecule has 102 valence electrons. The van der Waals surface area contributed by atoms with Crippen molar-refractivity contribution in [3.05, 3.63) is 24.3 Å². The number of rotatable bonds is 3. The van der Waals surface area contributed by atoms with Gasteiger partial charge in [0.1, 0.15) is 5.75 Å². The first-order valence-electron chi connectivity index (χ1n) is 5.70. The molecule has 18 heavy (non-hydrogen) atoms. The van der Waals surface area contributed by atoms with Crippen LogP contribution in [0.25, 0.3) is 0 Å². The van der Waals surface area contributed by atoms with Crippen molar-refractivity contribution in [2.45, 2.75) is 43.8 Å². The normalized spacial score (nSPS) is 13.4. The molecule has 1 rings (SSSR count). The van der Waals surface area contributed by atoms with Gasteiger partial charge in [-0.2, -0.15) is 8.42 Å². The van der Waals surface area contributed by atoms with Crippen LogP contribution in [0.15, 0.2) is 29.2 Å². The number of hydrogen-bond donors (Lipinski definition) is 1. The van der Waals surface area contributed by atoms with Crippen LogP contribution in [-0.4, -0.2) is 21.3 Å². The zero-order valence-electron chi connectivity index (χ0n) is 11.4. The van der Waals surface area contributed by atoms with E-state index < -0.39 is 18.4 Å². The van der Waals surface area contributed by atoms with Gasteiger partial charge in [0.05, 0.1) is 4.90 Å². The second-order valence-corrected chi connectivity index (χ2v) is 12.0. The van der Waals surface area contributed by atoms with Gasteiger partial charge in [0.15, 0.2) is 0 Å². The lowest BCUT2D eigenvalue weighted by atomic mass is 10.2. The second-order valence-electron chi connectivity index (χ2n) is 5.81. The molecule has 0 fully saturated rings. The van der Waals surface area contributed by atoms with Gasteiger partial charge in [-0.15, -0.1) is 0 Å². The summed E-state index contributed by atoms with van der Waals surface area (Å²) in [6.07, 6.45) is 0. The first-order chi connectivity index (χ1) is 7.93. The average Bonchev–Trinajstić information content (AvgIpc) is 2.14. The molecule has 1 N–H and O–H groups in total. The van der Waals surface area contributed by atoms with Gasteiger partial charge in [0.25, 0.3) is 10.1 Å². The fourth-order valence-electron chi connectivity index (χ4n) is 1.13. The van der Waals surface area contributed by atoms with Gasteiger partial charge in [-0.05, 0) is 42.4 Å². The van der Waals surface area contributed by atoms with Crippen molar-refractivity contribution in [1.82, 2.24) is 0 Å². The Morgan fingerprint density at radius 3 is 1.89 bits per heavy atom. The van der Waals surface area contributed by atoms with Crippen LogP contribution in [0.1, 0.15) is 20.8 Å². The van der Waals surface area contributed by atoms with Gasteiger partial charge >= 0.3 is 0 Å². The third-order valence-electron chi connectivity index (χ3n) is 3.30. The summed E-state index contributed by atoms with van der Waals surface area (Å²) >= 11 is 0. The van der Waals surface area contributed by atoms with E-state index in [9.17, 15) is 8.42 Å². The standard InChI is InChI=1S/C12H20O4SSi/c1-12(2,3)18(4,5)16-10-6-8-11(9-7-10)17(13,14)15/h6-9H,1-5H3,(H,13,14,15). The van der Waals surface area contributed by atoms with Crippen LogP contribution in [0.3, 0.4) is 0 Å². The highest BCUT2D eigenvalue weighted by Crippen LogP contribution is 2.37. The van der Waals surface area contributed by atoms with Crippen LogP contribution in [-0.2, 0) is 10.1 Å². The Labute approximate surface area is 110 Å². The summed E-state index contributed by atoms with van der Waals surface area (Å²) in [5.41, 5.74) is 0. The summed E-state index contributed by atoms with van der Waals surface area (Å²) in [6.45, 7) is 10.6. The predicted octanol–water partition coefficient (Wildman–Crippen LogP) is 3.32. The maximum Gasteiger partial charge on any atom is 0.294 e. The molecule has 0 aliphatic carbocycles. The maximum absolute atomic E-state index is 10.9. The van der Waals surface area contributed by atoms with Crippen LogP contribution in [0, 0.1) is 0 Å². The van der Waals surface area contributed by atoms with Crippen molar-refractivity contribution in [2.75, 3.05) is 0 Å². The van der Waals surface area contributed by atoms with Crippen LogP contribution in [0.2, 0.25) is 18.1 Å². The Bertz CT molecular complexity index is 512. The summed E-state index contributed by atoms with van der Waals surface area (Å²) in [5, 5.41) is 0.0781. The molecule has 1 aromatic carbocycles. The molecule has 0 amide bonds. The monoisotopic (exact) mass is 288 g/mol. The summed E-state index contributed by atoms with van der Waals surface area (Å²) in [7, 11) is -6.06. The first-order valence-corrected chi connectivity index (χ1v) is 10.0. The quantitative estimate of drug-likeness (QED) is 0.684. The fourth-order valence-corrected chi connectivity index (χ4v) is 2.64. The van der Waals surface area contributed by atoms with Crippen molar-refractivity contribution in [3.8, 4) is 5.75 Å². The molecule has 0 heterocycles. The van der Waals surface area contributed by atoms with Gasteiger partial charge in [-0.3, -0.25) is 4.55 Å². The van der Waals surface area contributed by atoms with E-state index in [1.807, 2.05) is 0 Å². The van der Waals surface area contributed by atoms with Crippen LogP contribution in [0.5, 0.6) is 5.75 Å². The van der Waals surface area contributed by atoms with E-state index in [0.717, 1.165) is 0 Å². The van der Waals surface area contributed by atoms with Gasteiger partial charge < -0.3 is 4.43 Å². The van der Waals surface area contributed by atoms with E-state index in [1.54, 1.807) is 12.1 Å². The molecule has 6 heteroatoms. The van der Waals surface area contributed by atoms with Crippen molar-refractivity contribution < 1.29 is 17.4 Å². The summed E-state index contributed by atoms with van der Waals surface area (Å²) < 4.78 is 36.7. The summed E-state index contributed by atoms with van der Waals surface area (Å²) in [4.78, 5) is -0.120. The van der Waals surface area contributed by atoms with Crippen LogP contribution >= 0.6 is 0 Å². The lowest BCUT2D eigenvalue weighted by Gasteiger charge is -2.36. The lowest BCUT2D eigenvalue weighted by molar-refractivity contribution is 0.481. The predicted molar refractivity (Wildman–Crippen MR) is 74.1 cm³/mol. The largest absolute Gasteiger partial charge is 0.544 e. The van der Waals surface area contributed by atoms with Crippen molar-refractivity contribution in [2.24, 2.45) is 0 Å². The van der Waals surface area contributed by atoms with Crippen LogP contribution in [0.4, 0.5) is 0 Å². The molecule has 0 spiro atoms. The third-order valence-corrected chi connectivity index (χ3v) is 8.53. The van der Waals surface area contributed by atoms with E-state index in [1.165, 1.54) is 12.1 Å². The third kappa shape index (κ3) is 3.57. The highest BCUT2D eigenvalue weighted by molar-refractivity contribution is 7.85. The highest BCUT2D eigenvalue weighted by Gasteiger charge is 2.38. The molecule has 1 aromatic rings. The first kappa shape index (κ1) is 15.2. The Morgan fingerprint density at radius 1 is 1.11 bits per heavy atom. The van der Waals surface area contributed by atoms with Gasteiger partial charge in [0, 0.05) is 0 Å². The zero-order valence-corrected chi connectivity index (χ0v) is 13.2. The molecule has 0 aliphatic rings. The summed E-state index contributed by atoms with van der Waals surface area (Å²) in [6, 6.07) is 5.84. The van der Waals surface area contributed by atoms with Gasteiger partial charge in [-0.1, -0.05) is 20.8 Å². The molecule has 0 saturated heterocycles. The topological polar surface area (TPSA) is 63.6 Å². The zero-order chi connectivity index (χ0) is 14.2. The molecule has 0 radical (unpaired) electrons. The maximum atomic E-state index is 10.9. The Hall–Kier alpha value is -0.853. The molecule has 4 nitrogen and oxygen atoms in total. The minimum atomic E-state index is -4.14. The fraction of sp³-hybridized carbons (Fsp3) is 0.500. The Balaban J connectivity index is 2.95. The molecule has 0 saturated carbocycles. The van der Waals surface area contributed by atoms with Gasteiger partial charge in [0.2, 0.25) is 8.32 Å². The minimum Gasteiger partial charge on any atom is -0.544 e. The second kappa shape index (κ2) is 4.68. The number of benzene rings is 1. The molecule has 0 unspecified atom stereocenters. The van der Waals surface area contributed by atoms with E-state index in [0.29, 0.717) is 5.75 Å². The van der Waals surface area contributed by atoms with E-state index in [4.69, 9.17) is 8.98 Å². The molecule has 0 aromatic heterocycles. The molecular formula is C12H20O4SSi. The van der Waals surface area contributed by atoms with E-state index in [2.05, 4.69) is 33.9 Å².